The molecule has 0 aromatic heterocycles. The van der Waals surface area contributed by atoms with Gasteiger partial charge < -0.3 is 10.1 Å². The minimum atomic E-state index is -4.52. The highest BCUT2D eigenvalue weighted by Gasteiger charge is 2.35. The monoisotopic (exact) mass is 397 g/mol. The van der Waals surface area contributed by atoms with Crippen LogP contribution in [0.1, 0.15) is 12.0 Å². The summed E-state index contributed by atoms with van der Waals surface area (Å²) in [6, 6.07) is 5.25. The van der Waals surface area contributed by atoms with E-state index in [1.165, 1.54) is 24.3 Å². The van der Waals surface area contributed by atoms with Crippen molar-refractivity contribution in [1.82, 2.24) is 10.2 Å². The van der Waals surface area contributed by atoms with Crippen molar-refractivity contribution in [3.05, 3.63) is 39.9 Å². The Morgan fingerprint density at radius 2 is 2.00 bits per heavy atom. The Hall–Kier alpha value is -2.07. The second-order valence-corrected chi connectivity index (χ2v) is 5.83. The third-order valence-electron chi connectivity index (χ3n) is 3.78. The van der Waals surface area contributed by atoms with Gasteiger partial charge in [0.25, 0.3) is 5.69 Å². The molecule has 146 valence electrons. The van der Waals surface area contributed by atoms with Gasteiger partial charge >= 0.3 is 12.3 Å². The van der Waals surface area contributed by atoms with Crippen molar-refractivity contribution in [2.24, 2.45) is 5.92 Å². The van der Waals surface area contributed by atoms with Crippen LogP contribution in [0.5, 0.6) is 0 Å². The third-order valence-corrected chi connectivity index (χ3v) is 3.78. The highest BCUT2D eigenvalue weighted by atomic mass is 35.5. The molecule has 0 bridgehead atoms. The maximum Gasteiger partial charge on any atom is 0.410 e. The maximum absolute atomic E-state index is 12.7. The highest BCUT2D eigenvalue weighted by Crippen LogP contribution is 2.20. The highest BCUT2D eigenvalue weighted by molar-refractivity contribution is 5.85. The number of nitrogens with one attached hydrogen (secondary N) is 1. The van der Waals surface area contributed by atoms with Crippen molar-refractivity contribution in [2.45, 2.75) is 19.2 Å². The molecular formula is C15H19ClF3N3O4. The van der Waals surface area contributed by atoms with Crippen molar-refractivity contribution < 1.29 is 27.6 Å². The fourth-order valence-corrected chi connectivity index (χ4v) is 2.55. The largest absolute Gasteiger partial charge is 0.445 e. The third kappa shape index (κ3) is 7.04. The van der Waals surface area contributed by atoms with Gasteiger partial charge in [-0.2, -0.15) is 13.2 Å². The van der Waals surface area contributed by atoms with E-state index in [0.29, 0.717) is 30.0 Å². The number of hydrogen-bond acceptors (Lipinski definition) is 5. The predicted octanol–water partition coefficient (Wildman–Crippen LogP) is 3.13. The van der Waals surface area contributed by atoms with Crippen LogP contribution in [-0.4, -0.2) is 48.3 Å². The molecule has 1 aromatic rings. The normalized spacial score (nSPS) is 16.7. The van der Waals surface area contributed by atoms with Crippen LogP contribution in [0, 0.1) is 16.0 Å². The first-order chi connectivity index (χ1) is 11.7. The van der Waals surface area contributed by atoms with Crippen LogP contribution in [0.3, 0.4) is 0 Å². The molecule has 11 heteroatoms. The molecule has 1 aromatic carbocycles. The van der Waals surface area contributed by atoms with E-state index < -0.39 is 23.7 Å². The number of carbonyl (C=O) groups is 1. The average molecular weight is 398 g/mol. The number of hydrogen-bond donors (Lipinski definition) is 1. The number of benzene rings is 1. The van der Waals surface area contributed by atoms with Gasteiger partial charge in [-0.1, -0.05) is 0 Å². The molecule has 1 amide bonds. The minimum absolute atomic E-state index is 0. The summed E-state index contributed by atoms with van der Waals surface area (Å²) in [5.74, 6) is -0.0470. The molecule has 1 heterocycles. The summed E-state index contributed by atoms with van der Waals surface area (Å²) in [7, 11) is 0. The van der Waals surface area contributed by atoms with E-state index in [-0.39, 0.29) is 37.2 Å². The van der Waals surface area contributed by atoms with Crippen LogP contribution in [-0.2, 0) is 11.3 Å². The number of rotatable bonds is 6. The van der Waals surface area contributed by atoms with Crippen molar-refractivity contribution in [3.63, 3.8) is 0 Å². The van der Waals surface area contributed by atoms with Crippen LogP contribution >= 0.6 is 12.4 Å². The van der Waals surface area contributed by atoms with Gasteiger partial charge in [0.05, 0.1) is 4.92 Å². The Morgan fingerprint density at radius 3 is 2.50 bits per heavy atom. The Balaban J connectivity index is 0.00000338. The number of non-ortho nitro benzene ring substituents is 1. The number of ether oxygens (including phenoxy) is 1. The van der Waals surface area contributed by atoms with Gasteiger partial charge in [0.15, 0.2) is 0 Å². The Morgan fingerprint density at radius 1 is 1.35 bits per heavy atom. The number of nitro benzene ring substituents is 1. The zero-order chi connectivity index (χ0) is 18.4. The first-order valence-corrected chi connectivity index (χ1v) is 7.67. The van der Waals surface area contributed by atoms with Gasteiger partial charge in [0.2, 0.25) is 0 Å². The van der Waals surface area contributed by atoms with Crippen molar-refractivity contribution in [3.8, 4) is 0 Å². The van der Waals surface area contributed by atoms with Gasteiger partial charge in [0.1, 0.15) is 13.2 Å². The van der Waals surface area contributed by atoms with Crippen LogP contribution in [0.15, 0.2) is 24.3 Å². The minimum Gasteiger partial charge on any atom is -0.445 e. The Labute approximate surface area is 154 Å². The number of alkyl halides is 3. The summed E-state index contributed by atoms with van der Waals surface area (Å²) in [6.45, 7) is -0.394. The Bertz CT molecular complexity index is 607. The summed E-state index contributed by atoms with van der Waals surface area (Å²) in [5, 5.41) is 13.6. The summed E-state index contributed by atoms with van der Waals surface area (Å²) < 4.78 is 43.0. The van der Waals surface area contributed by atoms with Crippen molar-refractivity contribution >= 4 is 24.2 Å². The summed E-state index contributed by atoms with van der Waals surface area (Å²) in [4.78, 5) is 22.7. The average Bonchev–Trinajstić information content (AvgIpc) is 3.04. The molecule has 0 unspecified atom stereocenters. The van der Waals surface area contributed by atoms with Crippen LogP contribution in [0.4, 0.5) is 23.7 Å². The molecule has 1 aliphatic rings. The number of halogens is 4. The fourth-order valence-electron chi connectivity index (χ4n) is 2.55. The zero-order valence-electron chi connectivity index (χ0n) is 13.7. The van der Waals surface area contributed by atoms with Crippen LogP contribution < -0.4 is 5.32 Å². The zero-order valence-corrected chi connectivity index (χ0v) is 14.5. The molecule has 1 saturated heterocycles. The first kappa shape index (κ1) is 22.0. The van der Waals surface area contributed by atoms with E-state index in [1.54, 1.807) is 0 Å². The molecule has 1 atom stereocenters. The molecule has 0 radical (unpaired) electrons. The molecule has 2 rings (SSSR count). The van der Waals surface area contributed by atoms with E-state index in [1.807, 2.05) is 0 Å². The molecule has 0 saturated carbocycles. The summed E-state index contributed by atoms with van der Waals surface area (Å²) in [6.07, 6.45) is -4.87. The number of nitro groups is 1. The number of carbonyl (C=O) groups excluding carboxylic acids is 1. The van der Waals surface area contributed by atoms with E-state index in [2.05, 4.69) is 5.32 Å². The molecule has 1 N–H and O–H groups in total. The molecule has 0 spiro atoms. The van der Waals surface area contributed by atoms with E-state index >= 15 is 0 Å². The van der Waals surface area contributed by atoms with Gasteiger partial charge in [-0.25, -0.2) is 4.79 Å². The summed E-state index contributed by atoms with van der Waals surface area (Å²) >= 11 is 0. The first-order valence-electron chi connectivity index (χ1n) is 7.67. The van der Waals surface area contributed by atoms with E-state index in [9.17, 15) is 28.1 Å². The second kappa shape index (κ2) is 9.58. The van der Waals surface area contributed by atoms with Crippen LogP contribution in [0.25, 0.3) is 0 Å². The predicted molar refractivity (Wildman–Crippen MR) is 89.1 cm³/mol. The maximum atomic E-state index is 12.7. The molecule has 26 heavy (non-hydrogen) atoms. The molecule has 0 aliphatic carbocycles. The smallest absolute Gasteiger partial charge is 0.410 e. The fraction of sp³-hybridized carbons (Fsp3) is 0.533. The van der Waals surface area contributed by atoms with E-state index in [4.69, 9.17) is 4.74 Å². The second-order valence-electron chi connectivity index (χ2n) is 5.83. The number of nitrogens with zero attached hydrogens (tertiary/aromatic N) is 2. The topological polar surface area (TPSA) is 84.7 Å². The lowest BCUT2D eigenvalue weighted by atomic mass is 10.1. The molecule has 1 fully saturated rings. The summed E-state index contributed by atoms with van der Waals surface area (Å²) in [5.41, 5.74) is 0.330. The van der Waals surface area contributed by atoms with Gasteiger partial charge in [-0.15, -0.1) is 12.4 Å². The molecule has 7 nitrogen and oxygen atoms in total. The van der Waals surface area contributed by atoms with Crippen molar-refractivity contribution in [2.75, 3.05) is 26.2 Å². The standard InChI is InChI=1S/C15H18F3N3O4.ClH/c16-15(17,18)10-20(8-12-5-6-19-7-12)14(22)25-9-11-1-3-13(4-2-11)21(23)24;/h1-4,12,19H,5-10H2;1H/t12-;/m0./s1. The molecule has 1 aliphatic heterocycles. The van der Waals surface area contributed by atoms with Crippen LogP contribution in [0.2, 0.25) is 0 Å². The lowest BCUT2D eigenvalue weighted by Crippen LogP contribution is -2.42. The quantitative estimate of drug-likeness (QED) is 0.589. The lowest BCUT2D eigenvalue weighted by Gasteiger charge is -2.25. The molecular weight excluding hydrogens is 379 g/mol. The lowest BCUT2D eigenvalue weighted by molar-refractivity contribution is -0.384. The van der Waals surface area contributed by atoms with Gasteiger partial charge in [-0.3, -0.25) is 15.0 Å². The SMILES string of the molecule is Cl.O=C(OCc1ccc([N+](=O)[O-])cc1)N(C[C@H]1CCNC1)CC(F)(F)F. The van der Waals surface area contributed by atoms with Gasteiger partial charge in [0, 0.05) is 18.7 Å². The van der Waals surface area contributed by atoms with Gasteiger partial charge in [-0.05, 0) is 43.1 Å². The Kier molecular flexibility index (Phi) is 8.09. The number of amides is 1. The van der Waals surface area contributed by atoms with Crippen molar-refractivity contribution in [1.29, 1.82) is 0 Å². The van der Waals surface area contributed by atoms with E-state index in [0.717, 1.165) is 0 Å².